The molecule has 1 saturated heterocycles. The predicted octanol–water partition coefficient (Wildman–Crippen LogP) is 2.99. The molecule has 23 heavy (non-hydrogen) atoms. The Labute approximate surface area is 145 Å². The number of benzene rings is 1. The summed E-state index contributed by atoms with van der Waals surface area (Å²) in [5, 5.41) is 0. The van der Waals surface area contributed by atoms with Crippen LogP contribution in [0.3, 0.4) is 0 Å². The van der Waals surface area contributed by atoms with Crippen molar-refractivity contribution >= 4 is 22.4 Å². The van der Waals surface area contributed by atoms with Crippen LogP contribution in [0.4, 0.5) is 4.39 Å². The number of nitrogens with zero attached hydrogens (tertiary/aromatic N) is 2. The first-order valence-corrected chi connectivity index (χ1v) is 9.40. The van der Waals surface area contributed by atoms with Crippen LogP contribution in [-0.4, -0.2) is 50.3 Å². The highest BCUT2D eigenvalue weighted by Crippen LogP contribution is 2.21. The predicted molar refractivity (Wildman–Crippen MR) is 92.9 cm³/mol. The minimum Gasteiger partial charge on any atom is -0.300 e. The average Bonchev–Trinajstić information content (AvgIpc) is 2.53. The summed E-state index contributed by atoms with van der Waals surface area (Å²) in [6, 6.07) is 5.58. The SMILES string of the molecule is CCC(CC)CN1CCN(S(=O)(=O)c2ccccc2F)CC1.Cl. The summed E-state index contributed by atoms with van der Waals surface area (Å²) in [7, 11) is -3.72. The second-order valence-corrected chi connectivity index (χ2v) is 7.72. The summed E-state index contributed by atoms with van der Waals surface area (Å²) >= 11 is 0. The quantitative estimate of drug-likeness (QED) is 0.779. The molecular formula is C16H26ClFN2O2S. The molecule has 1 aromatic carbocycles. The molecule has 0 unspecified atom stereocenters. The van der Waals surface area contributed by atoms with Gasteiger partial charge in [-0.15, -0.1) is 12.4 Å². The molecule has 0 spiro atoms. The molecule has 7 heteroatoms. The lowest BCUT2D eigenvalue weighted by molar-refractivity contribution is 0.161. The van der Waals surface area contributed by atoms with E-state index in [1.165, 1.54) is 22.5 Å². The Morgan fingerprint density at radius 2 is 1.65 bits per heavy atom. The van der Waals surface area contributed by atoms with Crippen molar-refractivity contribution in [2.75, 3.05) is 32.7 Å². The molecular weight excluding hydrogens is 339 g/mol. The summed E-state index contributed by atoms with van der Waals surface area (Å²) in [6.45, 7) is 7.67. The zero-order valence-electron chi connectivity index (χ0n) is 13.7. The van der Waals surface area contributed by atoms with E-state index in [9.17, 15) is 12.8 Å². The molecule has 0 aromatic heterocycles. The van der Waals surface area contributed by atoms with E-state index in [1.807, 2.05) is 0 Å². The fourth-order valence-corrected chi connectivity index (χ4v) is 4.34. The van der Waals surface area contributed by atoms with Gasteiger partial charge in [0.25, 0.3) is 0 Å². The Kier molecular flexibility index (Phi) is 7.94. The van der Waals surface area contributed by atoms with Gasteiger partial charge in [0.15, 0.2) is 0 Å². The highest BCUT2D eigenvalue weighted by Gasteiger charge is 2.30. The van der Waals surface area contributed by atoms with Crippen LogP contribution in [0.5, 0.6) is 0 Å². The maximum absolute atomic E-state index is 13.8. The van der Waals surface area contributed by atoms with E-state index in [1.54, 1.807) is 6.07 Å². The van der Waals surface area contributed by atoms with Crippen molar-refractivity contribution in [1.29, 1.82) is 0 Å². The number of hydrogen-bond acceptors (Lipinski definition) is 3. The lowest BCUT2D eigenvalue weighted by Crippen LogP contribution is -2.49. The van der Waals surface area contributed by atoms with Gasteiger partial charge in [-0.1, -0.05) is 38.8 Å². The van der Waals surface area contributed by atoms with Crippen LogP contribution in [0.2, 0.25) is 0 Å². The molecule has 0 amide bonds. The number of piperazine rings is 1. The molecule has 0 bridgehead atoms. The first-order chi connectivity index (χ1) is 10.5. The van der Waals surface area contributed by atoms with Crippen molar-refractivity contribution in [1.82, 2.24) is 9.21 Å². The maximum Gasteiger partial charge on any atom is 0.246 e. The molecule has 0 aliphatic carbocycles. The lowest BCUT2D eigenvalue weighted by Gasteiger charge is -2.35. The minimum atomic E-state index is -3.72. The molecule has 0 saturated carbocycles. The molecule has 1 aliphatic rings. The van der Waals surface area contributed by atoms with E-state index in [2.05, 4.69) is 18.7 Å². The topological polar surface area (TPSA) is 40.6 Å². The fraction of sp³-hybridized carbons (Fsp3) is 0.625. The molecule has 1 aromatic rings. The molecule has 0 atom stereocenters. The van der Waals surface area contributed by atoms with Gasteiger partial charge in [-0.05, 0) is 18.1 Å². The van der Waals surface area contributed by atoms with Gasteiger partial charge in [-0.3, -0.25) is 0 Å². The second-order valence-electron chi connectivity index (χ2n) is 5.82. The third-order valence-electron chi connectivity index (χ3n) is 4.46. The minimum absolute atomic E-state index is 0. The Morgan fingerprint density at radius 1 is 1.09 bits per heavy atom. The smallest absolute Gasteiger partial charge is 0.246 e. The third-order valence-corrected chi connectivity index (χ3v) is 6.39. The Balaban J connectivity index is 0.00000264. The van der Waals surface area contributed by atoms with Crippen molar-refractivity contribution < 1.29 is 12.8 Å². The maximum atomic E-state index is 13.8. The lowest BCUT2D eigenvalue weighted by atomic mass is 10.0. The first kappa shape index (κ1) is 20.4. The van der Waals surface area contributed by atoms with Crippen molar-refractivity contribution in [2.24, 2.45) is 5.92 Å². The van der Waals surface area contributed by atoms with Crippen LogP contribution in [0.1, 0.15) is 26.7 Å². The van der Waals surface area contributed by atoms with E-state index in [0.29, 0.717) is 32.1 Å². The fourth-order valence-electron chi connectivity index (χ4n) is 2.86. The first-order valence-electron chi connectivity index (χ1n) is 7.96. The Bertz CT molecular complexity index is 585. The molecule has 1 fully saturated rings. The van der Waals surface area contributed by atoms with Crippen molar-refractivity contribution in [3.63, 3.8) is 0 Å². The van der Waals surface area contributed by atoms with Crippen LogP contribution in [0, 0.1) is 11.7 Å². The summed E-state index contributed by atoms with van der Waals surface area (Å²) in [5.74, 6) is -0.0170. The average molecular weight is 365 g/mol. The molecule has 1 aliphatic heterocycles. The van der Waals surface area contributed by atoms with Crippen LogP contribution < -0.4 is 0 Å². The van der Waals surface area contributed by atoms with Crippen LogP contribution >= 0.6 is 12.4 Å². The second kappa shape index (κ2) is 8.97. The summed E-state index contributed by atoms with van der Waals surface area (Å²) < 4.78 is 40.2. The van der Waals surface area contributed by atoms with E-state index in [4.69, 9.17) is 0 Å². The van der Waals surface area contributed by atoms with Crippen molar-refractivity contribution in [3.8, 4) is 0 Å². The molecule has 132 valence electrons. The molecule has 0 N–H and O–H groups in total. The van der Waals surface area contributed by atoms with Gasteiger partial charge in [-0.25, -0.2) is 12.8 Å². The van der Waals surface area contributed by atoms with E-state index in [-0.39, 0.29) is 17.3 Å². The van der Waals surface area contributed by atoms with E-state index in [0.717, 1.165) is 19.4 Å². The third kappa shape index (κ3) is 4.89. The molecule has 2 rings (SSSR count). The van der Waals surface area contributed by atoms with Gasteiger partial charge in [0.2, 0.25) is 10.0 Å². The van der Waals surface area contributed by atoms with Crippen molar-refractivity contribution in [3.05, 3.63) is 30.1 Å². The summed E-state index contributed by atoms with van der Waals surface area (Å²) in [6.07, 6.45) is 2.29. The highest BCUT2D eigenvalue weighted by atomic mass is 35.5. The zero-order chi connectivity index (χ0) is 16.2. The normalized spacial score (nSPS) is 17.2. The van der Waals surface area contributed by atoms with Crippen LogP contribution in [-0.2, 0) is 10.0 Å². The van der Waals surface area contributed by atoms with Gasteiger partial charge in [0, 0.05) is 32.7 Å². The van der Waals surface area contributed by atoms with E-state index < -0.39 is 15.8 Å². The van der Waals surface area contributed by atoms with Gasteiger partial charge in [0.1, 0.15) is 10.7 Å². The van der Waals surface area contributed by atoms with Gasteiger partial charge in [0.05, 0.1) is 0 Å². The summed E-state index contributed by atoms with van der Waals surface area (Å²) in [4.78, 5) is 2.09. The number of rotatable bonds is 6. The largest absolute Gasteiger partial charge is 0.300 e. The highest BCUT2D eigenvalue weighted by molar-refractivity contribution is 7.89. The molecule has 0 radical (unpaired) electrons. The molecule has 1 heterocycles. The van der Waals surface area contributed by atoms with Gasteiger partial charge >= 0.3 is 0 Å². The van der Waals surface area contributed by atoms with Gasteiger partial charge < -0.3 is 4.90 Å². The Hall–Kier alpha value is -0.690. The monoisotopic (exact) mass is 364 g/mol. The zero-order valence-corrected chi connectivity index (χ0v) is 15.4. The van der Waals surface area contributed by atoms with Crippen LogP contribution in [0.15, 0.2) is 29.2 Å². The van der Waals surface area contributed by atoms with Crippen LogP contribution in [0.25, 0.3) is 0 Å². The Morgan fingerprint density at radius 3 is 2.17 bits per heavy atom. The number of halogens is 2. The number of sulfonamides is 1. The van der Waals surface area contributed by atoms with Gasteiger partial charge in [-0.2, -0.15) is 4.31 Å². The standard InChI is InChI=1S/C16H25FN2O2S.ClH/c1-3-14(4-2)13-18-9-11-19(12-10-18)22(20,21)16-8-6-5-7-15(16)17;/h5-8,14H,3-4,9-13H2,1-2H3;1H. The van der Waals surface area contributed by atoms with E-state index >= 15 is 0 Å². The van der Waals surface area contributed by atoms with Crippen molar-refractivity contribution in [2.45, 2.75) is 31.6 Å². The molecule has 4 nitrogen and oxygen atoms in total. The summed E-state index contributed by atoms with van der Waals surface area (Å²) in [5.41, 5.74) is 0. The number of hydrogen-bond donors (Lipinski definition) is 0.